The van der Waals surface area contributed by atoms with Gasteiger partial charge in [0.1, 0.15) is 0 Å². The molecule has 5 unspecified atom stereocenters. The second-order valence-electron chi connectivity index (χ2n) is 6.04. The lowest BCUT2D eigenvalue weighted by atomic mass is 9.89. The first-order valence-corrected chi connectivity index (χ1v) is 7.01. The Hall–Kier alpha value is -0.820. The van der Waals surface area contributed by atoms with Gasteiger partial charge in [-0.1, -0.05) is 37.3 Å². The number of hydrogen-bond acceptors (Lipinski definition) is 1. The zero-order chi connectivity index (χ0) is 12.0. The Kier molecular flexibility index (Phi) is 2.74. The average molecular weight is 229 g/mol. The summed E-state index contributed by atoms with van der Waals surface area (Å²) in [6, 6.07) is 13.1. The third-order valence-electron chi connectivity index (χ3n) is 5.16. The molecule has 3 rings (SSSR count). The molecule has 92 valence electrons. The monoisotopic (exact) mass is 229 g/mol. The van der Waals surface area contributed by atoms with Gasteiger partial charge in [-0.25, -0.2) is 0 Å². The van der Waals surface area contributed by atoms with E-state index in [1.807, 2.05) is 0 Å². The predicted octanol–water partition coefficient (Wildman–Crippen LogP) is 3.87. The molecule has 5 atom stereocenters. The molecule has 1 saturated carbocycles. The lowest BCUT2D eigenvalue weighted by Gasteiger charge is -2.40. The van der Waals surface area contributed by atoms with Crippen LogP contribution in [0.25, 0.3) is 0 Å². The first-order valence-electron chi connectivity index (χ1n) is 7.01. The van der Waals surface area contributed by atoms with Gasteiger partial charge < -0.3 is 0 Å². The van der Waals surface area contributed by atoms with Crippen LogP contribution in [0.2, 0.25) is 0 Å². The highest BCUT2D eigenvalue weighted by molar-refractivity contribution is 5.20. The van der Waals surface area contributed by atoms with Crippen LogP contribution >= 0.6 is 0 Å². The van der Waals surface area contributed by atoms with Crippen molar-refractivity contribution in [3.8, 4) is 0 Å². The minimum absolute atomic E-state index is 0.577. The van der Waals surface area contributed by atoms with Crippen molar-refractivity contribution in [2.24, 2.45) is 11.8 Å². The summed E-state index contributed by atoms with van der Waals surface area (Å²) in [4.78, 5) is 2.76. The van der Waals surface area contributed by atoms with E-state index >= 15 is 0 Å². The summed E-state index contributed by atoms with van der Waals surface area (Å²) >= 11 is 0. The maximum atomic E-state index is 2.76. The lowest BCUT2D eigenvalue weighted by Crippen LogP contribution is -2.43. The van der Waals surface area contributed by atoms with E-state index < -0.39 is 0 Å². The lowest BCUT2D eigenvalue weighted by molar-refractivity contribution is 0.0810. The number of nitrogens with zero attached hydrogens (tertiary/aromatic N) is 1. The summed E-state index contributed by atoms with van der Waals surface area (Å²) in [6.45, 7) is 7.24. The summed E-state index contributed by atoms with van der Waals surface area (Å²) < 4.78 is 0. The summed E-state index contributed by atoms with van der Waals surface area (Å²) in [7, 11) is 0. The van der Waals surface area contributed by atoms with Gasteiger partial charge in [-0.2, -0.15) is 0 Å². The molecule has 1 heterocycles. The number of benzene rings is 1. The van der Waals surface area contributed by atoms with E-state index in [1.54, 1.807) is 0 Å². The molecule has 0 amide bonds. The summed E-state index contributed by atoms with van der Waals surface area (Å²) in [5.74, 6) is 1.88. The Morgan fingerprint density at radius 2 is 1.82 bits per heavy atom. The molecule has 1 nitrogen and oxygen atoms in total. The highest BCUT2D eigenvalue weighted by Crippen LogP contribution is 2.49. The fourth-order valence-corrected chi connectivity index (χ4v) is 4.29. The van der Waals surface area contributed by atoms with Crippen LogP contribution in [0.5, 0.6) is 0 Å². The topological polar surface area (TPSA) is 3.24 Å². The number of rotatable bonds is 2. The fraction of sp³-hybridized carbons (Fsp3) is 0.625. The van der Waals surface area contributed by atoms with Gasteiger partial charge in [0, 0.05) is 18.1 Å². The molecule has 1 aliphatic heterocycles. The van der Waals surface area contributed by atoms with E-state index in [9.17, 15) is 0 Å². The van der Waals surface area contributed by atoms with Crippen molar-refractivity contribution in [1.29, 1.82) is 0 Å². The van der Waals surface area contributed by atoms with Gasteiger partial charge in [-0.05, 0) is 44.1 Å². The Balaban J connectivity index is 1.82. The van der Waals surface area contributed by atoms with Crippen molar-refractivity contribution in [1.82, 2.24) is 4.90 Å². The molecule has 0 N–H and O–H groups in total. The van der Waals surface area contributed by atoms with Crippen LogP contribution in [0, 0.1) is 11.8 Å². The molecule has 0 spiro atoms. The number of likely N-dealkylation sites (tertiary alicyclic amines) is 1. The van der Waals surface area contributed by atoms with Gasteiger partial charge in [0.15, 0.2) is 0 Å². The van der Waals surface area contributed by atoms with Gasteiger partial charge >= 0.3 is 0 Å². The second kappa shape index (κ2) is 4.13. The number of piperidine rings is 1. The van der Waals surface area contributed by atoms with Crippen molar-refractivity contribution < 1.29 is 0 Å². The Morgan fingerprint density at radius 3 is 2.41 bits per heavy atom. The van der Waals surface area contributed by atoms with E-state index in [1.165, 1.54) is 18.4 Å². The summed E-state index contributed by atoms with van der Waals surface area (Å²) in [5.41, 5.74) is 1.47. The molecule has 0 aromatic heterocycles. The third kappa shape index (κ3) is 1.72. The molecule has 0 radical (unpaired) electrons. The fourth-order valence-electron chi connectivity index (χ4n) is 4.29. The van der Waals surface area contributed by atoms with Gasteiger partial charge in [-0.3, -0.25) is 4.90 Å². The highest BCUT2D eigenvalue weighted by Gasteiger charge is 2.48. The Bertz CT molecular complexity index is 384. The Labute approximate surface area is 105 Å². The largest absolute Gasteiger partial charge is 0.291 e. The minimum atomic E-state index is 0.577. The molecule has 2 fully saturated rings. The van der Waals surface area contributed by atoms with Crippen molar-refractivity contribution in [2.45, 2.75) is 51.7 Å². The molecular weight excluding hydrogens is 206 g/mol. The molecule has 17 heavy (non-hydrogen) atoms. The van der Waals surface area contributed by atoms with E-state index in [2.05, 4.69) is 56.0 Å². The quantitative estimate of drug-likeness (QED) is 0.744. The molecular formula is C16H23N. The van der Waals surface area contributed by atoms with Crippen LogP contribution in [-0.4, -0.2) is 17.0 Å². The molecule has 2 bridgehead atoms. The standard InChI is InChI=1S/C16H23N/c1-11-9-15-10-16(11)13(3)17(15)12(2)14-7-5-4-6-8-14/h4-8,11-13,15-16H,9-10H2,1-3H3. The molecule has 1 saturated heterocycles. The molecule has 1 heteroatoms. The SMILES string of the molecule is CC1CC2CC1C(C)N2C(C)c1ccccc1. The third-order valence-corrected chi connectivity index (χ3v) is 5.16. The number of fused-ring (bicyclic) bond motifs is 2. The van der Waals surface area contributed by atoms with Crippen LogP contribution in [0.15, 0.2) is 30.3 Å². The van der Waals surface area contributed by atoms with Crippen LogP contribution in [0.3, 0.4) is 0 Å². The van der Waals surface area contributed by atoms with Crippen molar-refractivity contribution >= 4 is 0 Å². The number of hydrogen-bond donors (Lipinski definition) is 0. The predicted molar refractivity (Wildman–Crippen MR) is 71.8 cm³/mol. The van der Waals surface area contributed by atoms with Gasteiger partial charge in [-0.15, -0.1) is 0 Å². The first kappa shape index (κ1) is 11.3. The van der Waals surface area contributed by atoms with Crippen molar-refractivity contribution in [3.63, 3.8) is 0 Å². The molecule has 1 aliphatic carbocycles. The van der Waals surface area contributed by atoms with E-state index in [4.69, 9.17) is 0 Å². The maximum Gasteiger partial charge on any atom is 0.0325 e. The second-order valence-corrected chi connectivity index (χ2v) is 6.04. The van der Waals surface area contributed by atoms with Crippen LogP contribution in [-0.2, 0) is 0 Å². The maximum absolute atomic E-state index is 2.76. The normalized spacial score (nSPS) is 38.5. The van der Waals surface area contributed by atoms with E-state index in [-0.39, 0.29) is 0 Å². The van der Waals surface area contributed by atoms with Crippen LogP contribution < -0.4 is 0 Å². The molecule has 1 aromatic rings. The zero-order valence-electron chi connectivity index (χ0n) is 11.1. The van der Waals surface area contributed by atoms with E-state index in [0.717, 1.165) is 23.9 Å². The van der Waals surface area contributed by atoms with E-state index in [0.29, 0.717) is 6.04 Å². The summed E-state index contributed by atoms with van der Waals surface area (Å²) in [5, 5.41) is 0. The Morgan fingerprint density at radius 1 is 1.12 bits per heavy atom. The van der Waals surface area contributed by atoms with Gasteiger partial charge in [0.2, 0.25) is 0 Å². The van der Waals surface area contributed by atoms with Crippen molar-refractivity contribution in [2.75, 3.05) is 0 Å². The summed E-state index contributed by atoms with van der Waals surface area (Å²) in [6.07, 6.45) is 2.84. The van der Waals surface area contributed by atoms with Crippen molar-refractivity contribution in [3.05, 3.63) is 35.9 Å². The molecule has 1 aromatic carbocycles. The first-order chi connectivity index (χ1) is 8.18. The van der Waals surface area contributed by atoms with Gasteiger partial charge in [0.05, 0.1) is 0 Å². The smallest absolute Gasteiger partial charge is 0.0325 e. The minimum Gasteiger partial charge on any atom is -0.291 e. The highest BCUT2D eigenvalue weighted by atomic mass is 15.3. The van der Waals surface area contributed by atoms with Crippen LogP contribution in [0.4, 0.5) is 0 Å². The molecule has 2 aliphatic rings. The van der Waals surface area contributed by atoms with Crippen LogP contribution in [0.1, 0.15) is 45.2 Å². The average Bonchev–Trinajstić information content (AvgIpc) is 2.85. The zero-order valence-corrected chi connectivity index (χ0v) is 11.1. The van der Waals surface area contributed by atoms with Gasteiger partial charge in [0.25, 0.3) is 0 Å².